The molecule has 0 saturated heterocycles. The van der Waals surface area contributed by atoms with Gasteiger partial charge in [0.15, 0.2) is 6.73 Å². The van der Waals surface area contributed by atoms with Crippen LogP contribution in [0.2, 0.25) is 0 Å². The number of para-hydroxylation sites is 1. The van der Waals surface area contributed by atoms with Crippen LogP contribution in [0.5, 0.6) is 11.5 Å². The molecule has 0 aliphatic heterocycles. The van der Waals surface area contributed by atoms with Gasteiger partial charge in [-0.05, 0) is 112 Å². The van der Waals surface area contributed by atoms with Crippen molar-refractivity contribution in [1.82, 2.24) is 0 Å². The third-order valence-electron chi connectivity index (χ3n) is 7.17. The van der Waals surface area contributed by atoms with Gasteiger partial charge in [-0.3, -0.25) is 0 Å². The number of rotatable bonds is 9. The molecule has 0 amide bonds. The summed E-state index contributed by atoms with van der Waals surface area (Å²) in [6.07, 6.45) is 0. The Morgan fingerprint density at radius 1 is 0.585 bits per heavy atom. The zero-order valence-electron chi connectivity index (χ0n) is 26.9. The summed E-state index contributed by atoms with van der Waals surface area (Å²) in [7, 11) is 4.15. The molecule has 1 unspecified atom stereocenters. The lowest BCUT2D eigenvalue weighted by atomic mass is 10.1. The van der Waals surface area contributed by atoms with Crippen molar-refractivity contribution in [2.75, 3.05) is 37.2 Å². The average molecular weight is 555 g/mol. The van der Waals surface area contributed by atoms with Crippen LogP contribution in [0.4, 0.5) is 11.4 Å². The van der Waals surface area contributed by atoms with Gasteiger partial charge >= 0.3 is 0 Å². The smallest absolute Gasteiger partial charge is 0.161 e. The summed E-state index contributed by atoms with van der Waals surface area (Å²) in [6, 6.07) is 31.4. The first-order valence-corrected chi connectivity index (χ1v) is 14.6. The largest absolute Gasteiger partial charge is 0.491 e. The van der Waals surface area contributed by atoms with Crippen LogP contribution in [-0.4, -0.2) is 33.5 Å². The minimum absolute atomic E-state index is 0.313. The van der Waals surface area contributed by atoms with E-state index in [0.717, 1.165) is 11.5 Å². The maximum atomic E-state index is 5.88. The van der Waals surface area contributed by atoms with Crippen molar-refractivity contribution in [3.63, 3.8) is 0 Å². The van der Waals surface area contributed by atoms with E-state index in [2.05, 4.69) is 107 Å². The van der Waals surface area contributed by atoms with E-state index in [-0.39, 0.29) is 0 Å². The number of ether oxygens (including phenoxy) is 2. The molecule has 0 fully saturated rings. The molecule has 0 radical (unpaired) electrons. The highest BCUT2D eigenvalue weighted by Crippen LogP contribution is 2.21. The molecule has 4 aromatic rings. The van der Waals surface area contributed by atoms with Crippen LogP contribution >= 0.6 is 0 Å². The number of hydrogen-bond acceptors (Lipinski definition) is 4. The van der Waals surface area contributed by atoms with Crippen LogP contribution in [-0.2, 0) is 0 Å². The number of hydrogen-bond donors (Lipinski definition) is 0. The normalized spacial score (nSPS) is 10.8. The fourth-order valence-electron chi connectivity index (χ4n) is 3.89. The van der Waals surface area contributed by atoms with Gasteiger partial charge in [0.1, 0.15) is 18.1 Å². The predicted octanol–water partition coefficient (Wildman–Crippen LogP) is 9.32. The van der Waals surface area contributed by atoms with Gasteiger partial charge in [0, 0.05) is 25.5 Å². The monoisotopic (exact) mass is 554 g/mol. The van der Waals surface area contributed by atoms with Gasteiger partial charge in [0.25, 0.3) is 0 Å². The third-order valence-corrected chi connectivity index (χ3v) is 7.17. The van der Waals surface area contributed by atoms with Crippen molar-refractivity contribution >= 4 is 11.4 Å². The third kappa shape index (κ3) is 10.9. The highest BCUT2D eigenvalue weighted by Gasteiger charge is 2.11. The molecule has 0 aromatic heterocycles. The van der Waals surface area contributed by atoms with Gasteiger partial charge < -0.3 is 19.3 Å². The first-order valence-electron chi connectivity index (χ1n) is 14.6. The van der Waals surface area contributed by atoms with E-state index < -0.39 is 0 Å². The van der Waals surface area contributed by atoms with Gasteiger partial charge in [-0.1, -0.05) is 61.9 Å². The maximum Gasteiger partial charge on any atom is 0.161 e. The number of aryl methyl sites for hydroxylation is 5. The Kier molecular flexibility index (Phi) is 13.8. The van der Waals surface area contributed by atoms with E-state index >= 15 is 0 Å². The van der Waals surface area contributed by atoms with E-state index in [1.165, 1.54) is 39.2 Å². The Morgan fingerprint density at radius 2 is 1.10 bits per heavy atom. The van der Waals surface area contributed by atoms with E-state index in [1.807, 2.05) is 63.4 Å². The summed E-state index contributed by atoms with van der Waals surface area (Å²) in [4.78, 5) is 4.36. The summed E-state index contributed by atoms with van der Waals surface area (Å²) in [5.74, 6) is 1.83. The Morgan fingerprint density at radius 3 is 1.66 bits per heavy atom. The fraction of sp³-hybridized carbons (Fsp3) is 0.351. The van der Waals surface area contributed by atoms with Crippen LogP contribution in [0.3, 0.4) is 0 Å². The predicted molar refractivity (Wildman–Crippen MR) is 178 cm³/mol. The van der Waals surface area contributed by atoms with Crippen LogP contribution in [0.15, 0.2) is 91.0 Å². The Hall–Kier alpha value is -3.92. The van der Waals surface area contributed by atoms with Crippen molar-refractivity contribution in [2.45, 2.75) is 61.4 Å². The zero-order chi connectivity index (χ0) is 30.4. The molecule has 220 valence electrons. The molecule has 0 aliphatic rings. The molecule has 41 heavy (non-hydrogen) atoms. The highest BCUT2D eigenvalue weighted by molar-refractivity contribution is 5.51. The van der Waals surface area contributed by atoms with Gasteiger partial charge in [-0.15, -0.1) is 0 Å². The lowest BCUT2D eigenvalue weighted by molar-refractivity contribution is 0.292. The maximum absolute atomic E-state index is 5.88. The van der Waals surface area contributed by atoms with Gasteiger partial charge in [-0.25, -0.2) is 0 Å². The number of nitrogens with zero attached hydrogens (tertiary/aromatic N) is 2. The van der Waals surface area contributed by atoms with Gasteiger partial charge in [0.2, 0.25) is 0 Å². The van der Waals surface area contributed by atoms with Crippen LogP contribution in [0.25, 0.3) is 0 Å². The molecule has 0 bridgehead atoms. The molecule has 1 atom stereocenters. The molecule has 0 heterocycles. The molecule has 4 nitrogen and oxygen atoms in total. The minimum Gasteiger partial charge on any atom is -0.491 e. The van der Waals surface area contributed by atoms with E-state index in [1.54, 1.807) is 0 Å². The fourth-order valence-corrected chi connectivity index (χ4v) is 3.89. The van der Waals surface area contributed by atoms with Crippen LogP contribution < -0.4 is 19.3 Å². The van der Waals surface area contributed by atoms with Gasteiger partial charge in [0.05, 0.1) is 6.04 Å². The summed E-state index contributed by atoms with van der Waals surface area (Å²) in [5.41, 5.74) is 8.94. The minimum atomic E-state index is 0.313. The molecule has 0 spiro atoms. The SMILES string of the molecule is CC.Cc1ccc(N(C)COc2ccccc2)cc1C.Cc1ccc(OCC(C)N(C)c2ccc(C)c(C)c2)cc1. The molecular formula is C37H50N2O2. The molecule has 0 saturated carbocycles. The standard InChI is InChI=1S/C19H25NO.C16H19NO.C2H6/c1-14-6-10-19(11-7-14)21-13-17(4)20(5)18-9-8-15(2)16(3)12-18;1-13-9-10-15(11-14(13)2)17(3)12-18-16-7-5-4-6-8-16;1-2/h6-12,17H,13H2,1-5H3;4-11H,12H2,1-3H3;1-2H3. The lowest BCUT2D eigenvalue weighted by Gasteiger charge is -2.27. The highest BCUT2D eigenvalue weighted by atomic mass is 16.5. The Balaban J connectivity index is 0.000000273. The van der Waals surface area contributed by atoms with E-state index in [4.69, 9.17) is 9.47 Å². The first kappa shape index (κ1) is 33.3. The molecule has 4 heteroatoms. The zero-order valence-corrected chi connectivity index (χ0v) is 26.9. The summed E-state index contributed by atoms with van der Waals surface area (Å²) in [5, 5.41) is 0. The van der Waals surface area contributed by atoms with Crippen molar-refractivity contribution in [3.8, 4) is 11.5 Å². The van der Waals surface area contributed by atoms with Crippen molar-refractivity contribution in [1.29, 1.82) is 0 Å². The molecule has 0 N–H and O–H groups in total. The van der Waals surface area contributed by atoms with Gasteiger partial charge in [-0.2, -0.15) is 0 Å². The summed E-state index contributed by atoms with van der Waals surface area (Å²) < 4.78 is 11.6. The van der Waals surface area contributed by atoms with Crippen LogP contribution in [0, 0.1) is 34.6 Å². The Labute approximate surface area is 249 Å². The van der Waals surface area contributed by atoms with E-state index in [0.29, 0.717) is 19.4 Å². The van der Waals surface area contributed by atoms with Crippen molar-refractivity contribution in [2.24, 2.45) is 0 Å². The van der Waals surface area contributed by atoms with Crippen molar-refractivity contribution in [3.05, 3.63) is 119 Å². The molecule has 0 aliphatic carbocycles. The first-order chi connectivity index (χ1) is 19.6. The molecule has 4 rings (SSSR count). The van der Waals surface area contributed by atoms with Crippen molar-refractivity contribution < 1.29 is 9.47 Å². The molecule has 4 aromatic carbocycles. The topological polar surface area (TPSA) is 24.9 Å². The van der Waals surface area contributed by atoms with E-state index in [9.17, 15) is 0 Å². The van der Waals surface area contributed by atoms with Crippen LogP contribution in [0.1, 0.15) is 48.6 Å². The summed E-state index contributed by atoms with van der Waals surface area (Å²) in [6.45, 7) is 18.0. The second kappa shape index (κ2) is 17.0. The number of anilines is 2. The Bertz CT molecular complexity index is 1300. The molecular weight excluding hydrogens is 504 g/mol. The average Bonchev–Trinajstić information content (AvgIpc) is 2.99. The quantitative estimate of drug-likeness (QED) is 0.192. The summed E-state index contributed by atoms with van der Waals surface area (Å²) >= 11 is 0. The number of likely N-dealkylation sites (N-methyl/N-ethyl adjacent to an activating group) is 1. The lowest BCUT2D eigenvalue weighted by Crippen LogP contribution is -2.34. The second-order valence-corrected chi connectivity index (χ2v) is 10.4. The second-order valence-electron chi connectivity index (χ2n) is 10.4. The number of benzene rings is 4.